The number of amides is 1. The molecule has 2 aliphatic rings. The Morgan fingerprint density at radius 2 is 1.84 bits per heavy atom. The van der Waals surface area contributed by atoms with Gasteiger partial charge in [-0.15, -0.1) is 0 Å². The van der Waals surface area contributed by atoms with E-state index in [0.717, 1.165) is 28.3 Å². The van der Waals surface area contributed by atoms with Crippen molar-refractivity contribution in [2.45, 2.75) is 45.0 Å². The largest absolute Gasteiger partial charge is 0.417 e. The third-order valence-electron chi connectivity index (χ3n) is 7.51. The monoisotopic (exact) mass is 638 g/mol. The number of morpholine rings is 1. The number of carbonyl (C=O) groups excluding carboxylic acids is 1. The number of nitrogens with one attached hydrogen (secondary N) is 1. The summed E-state index contributed by atoms with van der Waals surface area (Å²) in [7, 11) is -3.72. The van der Waals surface area contributed by atoms with Gasteiger partial charge in [0.05, 0.1) is 66.2 Å². The first-order chi connectivity index (χ1) is 20.7. The van der Waals surface area contributed by atoms with Gasteiger partial charge in [-0.25, -0.2) is 14.1 Å². The summed E-state index contributed by atoms with van der Waals surface area (Å²) < 4.78 is 89.2. The topological polar surface area (TPSA) is 129 Å². The van der Waals surface area contributed by atoms with E-state index >= 15 is 0 Å². The molecule has 3 aromatic rings. The predicted molar refractivity (Wildman–Crippen MR) is 151 cm³/mol. The molecule has 2 atom stereocenters. The SMILES string of the molecule is Cc1cc(NC(=O)c2cnn(-c3ncc(C(F)(F)F)cc3F)c2C)cnc1C1=CCC(N2CCOCC2)C(OS(C)(=O)=O)C1. The normalized spacial score (nSPS) is 19.9. The Labute approximate surface area is 251 Å². The molecule has 1 amide bonds. The maximum absolute atomic E-state index is 14.5. The van der Waals surface area contributed by atoms with Crippen LogP contribution in [0.5, 0.6) is 0 Å². The minimum Gasteiger partial charge on any atom is -0.379 e. The number of anilines is 1. The first-order valence-electron chi connectivity index (χ1n) is 13.7. The Balaban J connectivity index is 1.32. The Morgan fingerprint density at radius 3 is 2.48 bits per heavy atom. The van der Waals surface area contributed by atoms with Crippen molar-refractivity contribution >= 4 is 27.3 Å². The van der Waals surface area contributed by atoms with E-state index in [1.54, 1.807) is 6.07 Å². The van der Waals surface area contributed by atoms with Gasteiger partial charge in [-0.1, -0.05) is 6.08 Å². The third-order valence-corrected chi connectivity index (χ3v) is 8.11. The minimum atomic E-state index is -4.76. The molecular formula is C28H30F4N6O5S. The van der Waals surface area contributed by atoms with E-state index in [2.05, 4.69) is 25.3 Å². The lowest BCUT2D eigenvalue weighted by molar-refractivity contribution is -0.138. The molecule has 0 saturated carbocycles. The van der Waals surface area contributed by atoms with Crippen LogP contribution in [0.4, 0.5) is 23.2 Å². The van der Waals surface area contributed by atoms with E-state index in [-0.39, 0.29) is 17.3 Å². The Morgan fingerprint density at radius 1 is 1.11 bits per heavy atom. The number of ether oxygens (including phenoxy) is 1. The summed E-state index contributed by atoms with van der Waals surface area (Å²) in [6, 6.07) is 1.89. The van der Waals surface area contributed by atoms with Crippen LogP contribution in [-0.4, -0.2) is 83.7 Å². The Kier molecular flexibility index (Phi) is 8.89. The first kappa shape index (κ1) is 31.7. The number of nitrogens with zero attached hydrogens (tertiary/aromatic N) is 5. The van der Waals surface area contributed by atoms with Crippen LogP contribution in [0, 0.1) is 19.7 Å². The van der Waals surface area contributed by atoms with Crippen LogP contribution >= 0.6 is 0 Å². The van der Waals surface area contributed by atoms with Crippen molar-refractivity contribution in [3.05, 3.63) is 70.7 Å². The summed E-state index contributed by atoms with van der Waals surface area (Å²) in [5, 5.41) is 6.66. The van der Waals surface area contributed by atoms with Crippen LogP contribution in [0.2, 0.25) is 0 Å². The highest BCUT2D eigenvalue weighted by atomic mass is 32.2. The minimum absolute atomic E-state index is 0.0535. The van der Waals surface area contributed by atoms with Gasteiger partial charge in [-0.3, -0.25) is 18.9 Å². The molecule has 5 rings (SSSR count). The maximum Gasteiger partial charge on any atom is 0.417 e. The quantitative estimate of drug-likeness (QED) is 0.303. The molecule has 16 heteroatoms. The van der Waals surface area contributed by atoms with Crippen molar-refractivity contribution in [3.63, 3.8) is 0 Å². The van der Waals surface area contributed by atoms with E-state index in [0.29, 0.717) is 62.8 Å². The number of pyridine rings is 2. The van der Waals surface area contributed by atoms with Gasteiger partial charge in [0.15, 0.2) is 11.6 Å². The summed E-state index contributed by atoms with van der Waals surface area (Å²) in [5.41, 5.74) is 1.51. The second-order valence-corrected chi connectivity index (χ2v) is 12.3. The van der Waals surface area contributed by atoms with Crippen molar-refractivity contribution < 1.29 is 39.7 Å². The van der Waals surface area contributed by atoms with Crippen LogP contribution in [0.3, 0.4) is 0 Å². The zero-order valence-electron chi connectivity index (χ0n) is 24.1. The molecule has 1 N–H and O–H groups in total. The predicted octanol–water partition coefficient (Wildman–Crippen LogP) is 3.91. The lowest BCUT2D eigenvalue weighted by Gasteiger charge is -2.40. The molecule has 11 nitrogen and oxygen atoms in total. The van der Waals surface area contributed by atoms with E-state index < -0.39 is 45.5 Å². The van der Waals surface area contributed by atoms with Crippen LogP contribution < -0.4 is 5.32 Å². The van der Waals surface area contributed by atoms with Crippen molar-refractivity contribution in [3.8, 4) is 5.82 Å². The van der Waals surface area contributed by atoms with E-state index in [9.17, 15) is 30.8 Å². The van der Waals surface area contributed by atoms with Crippen LogP contribution in [0.1, 0.15) is 45.7 Å². The van der Waals surface area contributed by atoms with Crippen molar-refractivity contribution in [2.75, 3.05) is 37.9 Å². The van der Waals surface area contributed by atoms with Gasteiger partial charge >= 0.3 is 6.18 Å². The van der Waals surface area contributed by atoms with Gasteiger partial charge in [-0.05, 0) is 43.5 Å². The molecular weight excluding hydrogens is 608 g/mol. The molecule has 1 fully saturated rings. The van der Waals surface area contributed by atoms with Gasteiger partial charge in [-0.2, -0.15) is 26.7 Å². The molecule has 1 aliphatic carbocycles. The maximum atomic E-state index is 14.5. The highest BCUT2D eigenvalue weighted by Gasteiger charge is 2.36. The Hall–Kier alpha value is -3.73. The third kappa shape index (κ3) is 6.98. The second kappa shape index (κ2) is 12.3. The van der Waals surface area contributed by atoms with Gasteiger partial charge in [0.2, 0.25) is 0 Å². The summed E-state index contributed by atoms with van der Waals surface area (Å²) in [6.45, 7) is 5.75. The number of carbonyl (C=O) groups is 1. The molecule has 3 aromatic heterocycles. The smallest absolute Gasteiger partial charge is 0.379 e. The number of aryl methyl sites for hydroxylation is 1. The molecule has 44 heavy (non-hydrogen) atoms. The van der Waals surface area contributed by atoms with Crippen LogP contribution in [-0.2, 0) is 25.2 Å². The average molecular weight is 639 g/mol. The lowest BCUT2D eigenvalue weighted by Crippen LogP contribution is -2.51. The van der Waals surface area contributed by atoms with E-state index in [1.165, 1.54) is 13.1 Å². The fraction of sp³-hybridized carbons (Fsp3) is 0.429. The fourth-order valence-electron chi connectivity index (χ4n) is 5.43. The number of rotatable bonds is 7. The van der Waals surface area contributed by atoms with E-state index in [1.807, 2.05) is 13.0 Å². The highest BCUT2D eigenvalue weighted by molar-refractivity contribution is 7.86. The molecule has 1 aliphatic heterocycles. The van der Waals surface area contributed by atoms with Crippen LogP contribution in [0.25, 0.3) is 11.4 Å². The van der Waals surface area contributed by atoms with Gasteiger partial charge in [0.25, 0.3) is 16.0 Å². The molecule has 0 bridgehead atoms. The molecule has 0 aromatic carbocycles. The molecule has 1 saturated heterocycles. The van der Waals surface area contributed by atoms with E-state index in [4.69, 9.17) is 8.92 Å². The highest BCUT2D eigenvalue weighted by Crippen LogP contribution is 2.34. The Bertz CT molecular complexity index is 1700. The zero-order valence-corrected chi connectivity index (χ0v) is 24.9. The molecule has 2 unspecified atom stereocenters. The molecule has 4 heterocycles. The van der Waals surface area contributed by atoms with Crippen molar-refractivity contribution in [2.24, 2.45) is 0 Å². The number of hydrogen-bond acceptors (Lipinski definition) is 9. The lowest BCUT2D eigenvalue weighted by atomic mass is 9.88. The zero-order chi connectivity index (χ0) is 31.8. The molecule has 0 radical (unpaired) electrons. The van der Waals surface area contributed by atoms with Crippen molar-refractivity contribution in [1.29, 1.82) is 0 Å². The molecule has 0 spiro atoms. The van der Waals surface area contributed by atoms with Gasteiger partial charge in [0.1, 0.15) is 0 Å². The summed E-state index contributed by atoms with van der Waals surface area (Å²) >= 11 is 0. The average Bonchev–Trinajstić information content (AvgIpc) is 3.33. The van der Waals surface area contributed by atoms with Gasteiger partial charge in [0, 0.05) is 31.7 Å². The number of aromatic nitrogens is 4. The summed E-state index contributed by atoms with van der Waals surface area (Å²) in [4.78, 5) is 23.3. The summed E-state index contributed by atoms with van der Waals surface area (Å²) in [5.74, 6) is -2.32. The first-order valence-corrected chi connectivity index (χ1v) is 15.5. The molecule has 236 valence electrons. The number of alkyl halides is 3. The fourth-order valence-corrected chi connectivity index (χ4v) is 6.07. The number of halogens is 4. The second-order valence-electron chi connectivity index (χ2n) is 10.6. The standard InChI is InChI=1S/C28H30F4N6O5S/c1-16-10-20(36-27(39)21-15-35-38(17(21)2)26-22(29)12-19(13-34-26)28(30,31)32)14-33-25(16)18-4-5-23(37-6-8-42-9-7-37)24(11-18)43-44(3,40)41/h4,10,12-15,23-24H,5-9,11H2,1-3H3,(H,36,39). The van der Waals surface area contributed by atoms with Crippen molar-refractivity contribution in [1.82, 2.24) is 24.6 Å². The van der Waals surface area contributed by atoms with Crippen LogP contribution in [0.15, 0.2) is 36.8 Å². The summed E-state index contributed by atoms with van der Waals surface area (Å²) in [6.07, 6.45) is 1.70. The van der Waals surface area contributed by atoms with Gasteiger partial charge < -0.3 is 10.1 Å². The number of hydrogen-bond donors (Lipinski definition) is 1.